The van der Waals surface area contributed by atoms with Gasteiger partial charge in [0.05, 0.1) is 0 Å². The first-order valence-corrected chi connectivity index (χ1v) is 1.88. The van der Waals surface area contributed by atoms with Gasteiger partial charge in [0.1, 0.15) is 0 Å². The zero-order valence-corrected chi connectivity index (χ0v) is 5.45. The fraction of sp³-hybridized carbons (Fsp3) is 0. The maximum absolute atomic E-state index is 9.10. The van der Waals surface area contributed by atoms with Crippen LogP contribution in [0.5, 0.6) is 0 Å². The highest BCUT2D eigenvalue weighted by Gasteiger charge is 2.04. The molecule has 0 radical (unpaired) electrons. The second-order valence-electron chi connectivity index (χ2n) is 0.957. The van der Waals surface area contributed by atoms with Crippen molar-refractivity contribution in [2.45, 2.75) is 0 Å². The summed E-state index contributed by atoms with van der Waals surface area (Å²) in [6.45, 7) is 0. The van der Waals surface area contributed by atoms with Crippen LogP contribution in [-0.2, 0) is 9.59 Å². The van der Waals surface area contributed by atoms with Gasteiger partial charge in [0.15, 0.2) is 0 Å². The molecule has 0 atom stereocenters. The molecule has 0 aromatic heterocycles. The number of carbonyl (C=O) groups is 2. The largest absolute Gasteiger partial charge is 0.631 e. The van der Waals surface area contributed by atoms with Crippen molar-refractivity contribution in [2.75, 3.05) is 0 Å². The summed E-state index contributed by atoms with van der Waals surface area (Å²) in [7, 11) is -2.17. The Morgan fingerprint density at radius 3 is 0.917 bits per heavy atom. The normalized spacial score (nSPS) is 5.92. The maximum Gasteiger partial charge on any atom is 0.631 e. The van der Waals surface area contributed by atoms with E-state index in [4.69, 9.17) is 34.9 Å². The second kappa shape index (κ2) is 12.4. The van der Waals surface area contributed by atoms with E-state index in [2.05, 4.69) is 0 Å². The quantitative estimate of drug-likeness (QED) is 0.210. The van der Waals surface area contributed by atoms with Crippen molar-refractivity contribution in [3.63, 3.8) is 0 Å². The lowest BCUT2D eigenvalue weighted by molar-refractivity contribution is -0.159. The standard InChI is InChI=1S/C2H2O4.BH3O3.2FH/c3-1(4)2(5)6;2-1(3)4;;/h(H,3,4)(H,5,6);2-4H;2*1H. The van der Waals surface area contributed by atoms with E-state index in [9.17, 15) is 0 Å². The predicted molar refractivity (Wildman–Crippen MR) is 32.7 cm³/mol. The summed E-state index contributed by atoms with van der Waals surface area (Å²) >= 11 is 0. The first-order chi connectivity index (χ1) is 4.37. The van der Waals surface area contributed by atoms with E-state index in [-0.39, 0.29) is 9.41 Å². The molecule has 0 aromatic carbocycles. The average Bonchev–Trinajstić information content (AvgIpc) is 1.63. The fourth-order valence-corrected chi connectivity index (χ4v) is 0. The number of rotatable bonds is 0. The third-order valence-corrected chi connectivity index (χ3v) is 0.183. The first kappa shape index (κ1) is 22.4. The van der Waals surface area contributed by atoms with Gasteiger partial charge in [0.2, 0.25) is 0 Å². The Kier molecular flexibility index (Phi) is 23.2. The predicted octanol–water partition coefficient (Wildman–Crippen LogP) is -2.59. The van der Waals surface area contributed by atoms with Crippen LogP contribution < -0.4 is 0 Å². The minimum absolute atomic E-state index is 0. The van der Waals surface area contributed by atoms with Crippen LogP contribution in [0, 0.1) is 0 Å². The van der Waals surface area contributed by atoms with E-state index in [0.29, 0.717) is 0 Å². The minimum atomic E-state index is -2.17. The van der Waals surface area contributed by atoms with E-state index in [1.807, 2.05) is 0 Å². The van der Waals surface area contributed by atoms with Gasteiger partial charge in [-0.3, -0.25) is 9.41 Å². The number of aliphatic carboxylic acids is 2. The number of carboxylic acid groups (broad SMARTS) is 2. The highest BCUT2D eigenvalue weighted by atomic mass is 19.0. The summed E-state index contributed by atoms with van der Waals surface area (Å²) in [5.74, 6) is -3.65. The third kappa shape index (κ3) is 69.6. The molecule has 10 heteroatoms. The summed E-state index contributed by atoms with van der Waals surface area (Å²) < 4.78 is 0. The zero-order chi connectivity index (χ0) is 8.73. The smallest absolute Gasteiger partial charge is 0.473 e. The van der Waals surface area contributed by atoms with Crippen molar-refractivity contribution in [1.29, 1.82) is 0 Å². The summed E-state index contributed by atoms with van der Waals surface area (Å²) in [6, 6.07) is 0. The molecule has 0 spiro atoms. The van der Waals surface area contributed by atoms with Gasteiger partial charge in [-0.25, -0.2) is 9.59 Å². The molecule has 0 saturated carbocycles. The zero-order valence-electron chi connectivity index (χ0n) is 5.45. The van der Waals surface area contributed by atoms with E-state index in [1.165, 1.54) is 0 Å². The Labute approximate surface area is 64.8 Å². The van der Waals surface area contributed by atoms with Gasteiger partial charge in [-0.2, -0.15) is 0 Å². The molecule has 7 nitrogen and oxygen atoms in total. The molecule has 0 fully saturated rings. The number of carboxylic acids is 2. The molecule has 74 valence electrons. The van der Waals surface area contributed by atoms with Crippen molar-refractivity contribution in [3.8, 4) is 0 Å². The SMILES string of the molecule is F.F.O=C(O)C(=O)O.OB(O)O. The number of halogens is 2. The van der Waals surface area contributed by atoms with Crippen LogP contribution in [0.4, 0.5) is 9.41 Å². The lowest BCUT2D eigenvalue weighted by Crippen LogP contribution is -2.09. The van der Waals surface area contributed by atoms with Crippen molar-refractivity contribution < 1.29 is 44.3 Å². The van der Waals surface area contributed by atoms with Gasteiger partial charge < -0.3 is 25.3 Å². The molecule has 0 aliphatic carbocycles. The summed E-state index contributed by atoms with van der Waals surface area (Å²) in [4.78, 5) is 18.2. The van der Waals surface area contributed by atoms with Gasteiger partial charge in [0, 0.05) is 0 Å². The van der Waals surface area contributed by atoms with Crippen LogP contribution in [0.25, 0.3) is 0 Å². The van der Waals surface area contributed by atoms with E-state index in [0.717, 1.165) is 0 Å². The molecule has 5 N–H and O–H groups in total. The fourth-order valence-electron chi connectivity index (χ4n) is 0. The average molecular weight is 192 g/mol. The Morgan fingerprint density at radius 2 is 0.917 bits per heavy atom. The molecule has 12 heavy (non-hydrogen) atoms. The molecule has 0 aromatic rings. The lowest BCUT2D eigenvalue weighted by atomic mass is 10.3. The minimum Gasteiger partial charge on any atom is -0.473 e. The van der Waals surface area contributed by atoms with Gasteiger partial charge >= 0.3 is 19.3 Å². The summed E-state index contributed by atoms with van der Waals surface area (Å²) in [5, 5.41) is 36.3. The van der Waals surface area contributed by atoms with Gasteiger partial charge in [-0.05, 0) is 0 Å². The maximum atomic E-state index is 9.10. The van der Waals surface area contributed by atoms with Gasteiger partial charge in [-0.15, -0.1) is 0 Å². The highest BCUT2D eigenvalue weighted by Crippen LogP contribution is 1.56. The van der Waals surface area contributed by atoms with Crippen LogP contribution in [0.2, 0.25) is 0 Å². The highest BCUT2D eigenvalue weighted by molar-refractivity contribution is 6.30. The van der Waals surface area contributed by atoms with E-state index >= 15 is 0 Å². The molecule has 0 rings (SSSR count). The molecule has 0 heterocycles. The molecule has 0 aliphatic rings. The molecular formula is C2H7BF2O7. The van der Waals surface area contributed by atoms with E-state index < -0.39 is 19.3 Å². The van der Waals surface area contributed by atoms with Gasteiger partial charge in [0.25, 0.3) is 0 Å². The molecule has 0 bridgehead atoms. The van der Waals surface area contributed by atoms with Crippen molar-refractivity contribution in [2.24, 2.45) is 0 Å². The van der Waals surface area contributed by atoms with E-state index in [1.54, 1.807) is 0 Å². The van der Waals surface area contributed by atoms with Crippen molar-refractivity contribution in [1.82, 2.24) is 0 Å². The third-order valence-electron chi connectivity index (χ3n) is 0.183. The monoisotopic (exact) mass is 192 g/mol. The molecular weight excluding hydrogens is 185 g/mol. The molecule has 0 amide bonds. The van der Waals surface area contributed by atoms with Crippen LogP contribution in [0.3, 0.4) is 0 Å². The topological polar surface area (TPSA) is 135 Å². The van der Waals surface area contributed by atoms with Crippen molar-refractivity contribution in [3.05, 3.63) is 0 Å². The molecule has 0 aliphatic heterocycles. The Hall–Kier alpha value is -1.26. The second-order valence-corrected chi connectivity index (χ2v) is 0.957. The van der Waals surface area contributed by atoms with Crippen LogP contribution in [-0.4, -0.2) is 44.5 Å². The Bertz CT molecular complexity index is 112. The van der Waals surface area contributed by atoms with Crippen LogP contribution in [0.1, 0.15) is 0 Å². The molecule has 0 unspecified atom stereocenters. The van der Waals surface area contributed by atoms with Crippen LogP contribution in [0.15, 0.2) is 0 Å². The van der Waals surface area contributed by atoms with Crippen molar-refractivity contribution >= 4 is 19.3 Å². The van der Waals surface area contributed by atoms with Gasteiger partial charge in [-0.1, -0.05) is 0 Å². The number of hydrogen-bond acceptors (Lipinski definition) is 5. The summed E-state index contributed by atoms with van der Waals surface area (Å²) in [6.07, 6.45) is 0. The number of hydrogen-bond donors (Lipinski definition) is 5. The first-order valence-electron chi connectivity index (χ1n) is 1.88. The Balaban J connectivity index is -0.0000000483. The summed E-state index contributed by atoms with van der Waals surface area (Å²) in [5.41, 5.74) is 0. The molecule has 0 saturated heterocycles. The Morgan fingerprint density at radius 1 is 0.833 bits per heavy atom. The lowest BCUT2D eigenvalue weighted by Gasteiger charge is -1.72. The van der Waals surface area contributed by atoms with Crippen LogP contribution >= 0.6 is 0 Å².